The number of thiazole rings is 1. The van der Waals surface area contributed by atoms with Gasteiger partial charge in [0.1, 0.15) is 9.88 Å². The molecule has 1 atom stereocenters. The topological polar surface area (TPSA) is 51.2 Å². The second-order valence-corrected chi connectivity index (χ2v) is 5.52. The van der Waals surface area contributed by atoms with Crippen molar-refractivity contribution in [2.75, 3.05) is 14.2 Å². The zero-order valence-electron chi connectivity index (χ0n) is 11.6. The van der Waals surface area contributed by atoms with Crippen LogP contribution in [0.25, 0.3) is 5.57 Å². The van der Waals surface area contributed by atoms with Crippen molar-refractivity contribution in [3.05, 3.63) is 33.3 Å². The van der Waals surface area contributed by atoms with Crippen molar-refractivity contribution in [1.82, 2.24) is 10.3 Å². The van der Waals surface area contributed by atoms with Crippen molar-refractivity contribution < 1.29 is 9.53 Å². The fraction of sp³-hybridized carbons (Fsp3) is 0.429. The van der Waals surface area contributed by atoms with E-state index in [1.807, 2.05) is 6.92 Å². The Balaban J connectivity index is 2.30. The summed E-state index contributed by atoms with van der Waals surface area (Å²) < 4.78 is 5.38. The minimum atomic E-state index is -0.0758. The summed E-state index contributed by atoms with van der Waals surface area (Å²) in [5, 5.41) is 3.53. The first-order valence-electron chi connectivity index (χ1n) is 6.17. The van der Waals surface area contributed by atoms with Crippen molar-refractivity contribution in [2.45, 2.75) is 26.4 Å². The van der Waals surface area contributed by atoms with E-state index in [1.165, 1.54) is 16.9 Å². The Hall–Kier alpha value is -1.46. The highest BCUT2D eigenvalue weighted by atomic mass is 32.1. The number of allylic oxidation sites excluding steroid dienone is 2. The molecule has 102 valence electrons. The second-order valence-electron chi connectivity index (χ2n) is 4.52. The molecule has 4 nitrogen and oxygen atoms in total. The molecule has 1 amide bonds. The minimum Gasteiger partial charge on any atom is -0.377 e. The molecule has 0 saturated carbocycles. The number of carbonyl (C=O) groups excluding carboxylic acids is 1. The lowest BCUT2D eigenvalue weighted by Gasteiger charge is -2.19. The monoisotopic (exact) mass is 278 g/mol. The molecule has 0 radical (unpaired) electrons. The van der Waals surface area contributed by atoms with Crippen molar-refractivity contribution in [2.24, 2.45) is 0 Å². The highest BCUT2D eigenvalue weighted by Gasteiger charge is 2.19. The van der Waals surface area contributed by atoms with Gasteiger partial charge >= 0.3 is 0 Å². The van der Waals surface area contributed by atoms with Crippen LogP contribution >= 0.6 is 11.3 Å². The predicted octanol–water partition coefficient (Wildman–Crippen LogP) is 2.56. The van der Waals surface area contributed by atoms with Crippen LogP contribution in [0, 0.1) is 6.92 Å². The number of ether oxygens (including phenoxy) is 1. The average Bonchev–Trinajstić information content (AvgIpc) is 2.80. The maximum absolute atomic E-state index is 11.7. The van der Waals surface area contributed by atoms with Gasteiger partial charge in [-0.3, -0.25) is 4.79 Å². The van der Waals surface area contributed by atoms with E-state index in [-0.39, 0.29) is 12.0 Å². The number of hydrogen-bond acceptors (Lipinski definition) is 4. The molecule has 1 aromatic rings. The molecule has 0 fully saturated rings. The highest BCUT2D eigenvalue weighted by molar-refractivity contribution is 7.14. The molecule has 1 N–H and O–H groups in total. The van der Waals surface area contributed by atoms with Crippen LogP contribution in [0.1, 0.15) is 33.7 Å². The van der Waals surface area contributed by atoms with Crippen molar-refractivity contribution >= 4 is 22.8 Å². The van der Waals surface area contributed by atoms with Gasteiger partial charge in [0, 0.05) is 19.7 Å². The number of nitrogens with one attached hydrogen (secondary N) is 1. The number of hydrogen-bond donors (Lipinski definition) is 1. The Labute approximate surface area is 117 Å². The normalized spacial score (nSPS) is 18.8. The number of amides is 1. The minimum absolute atomic E-state index is 0.0758. The van der Waals surface area contributed by atoms with Crippen molar-refractivity contribution in [3.8, 4) is 0 Å². The van der Waals surface area contributed by atoms with Crippen LogP contribution in [-0.4, -0.2) is 31.2 Å². The molecule has 5 heteroatoms. The van der Waals surface area contributed by atoms with Gasteiger partial charge in [0.15, 0.2) is 0 Å². The summed E-state index contributed by atoms with van der Waals surface area (Å²) in [4.78, 5) is 16.9. The van der Waals surface area contributed by atoms with Crippen molar-refractivity contribution in [3.63, 3.8) is 0 Å². The lowest BCUT2D eigenvalue weighted by atomic mass is 9.98. The number of carbonyl (C=O) groups is 1. The molecule has 0 saturated heterocycles. The van der Waals surface area contributed by atoms with Crippen LogP contribution in [0.2, 0.25) is 0 Å². The molecule has 0 bridgehead atoms. The maximum atomic E-state index is 11.7. The highest BCUT2D eigenvalue weighted by Crippen LogP contribution is 2.30. The van der Waals surface area contributed by atoms with Gasteiger partial charge < -0.3 is 10.1 Å². The van der Waals surface area contributed by atoms with Crippen LogP contribution in [-0.2, 0) is 4.74 Å². The average molecular weight is 278 g/mol. The van der Waals surface area contributed by atoms with E-state index in [4.69, 9.17) is 4.74 Å². The Morgan fingerprint density at radius 3 is 2.84 bits per heavy atom. The second kappa shape index (κ2) is 5.67. The van der Waals surface area contributed by atoms with Crippen LogP contribution in [0.3, 0.4) is 0 Å². The summed E-state index contributed by atoms with van der Waals surface area (Å²) in [5.41, 5.74) is 3.04. The third-order valence-electron chi connectivity index (χ3n) is 3.20. The zero-order chi connectivity index (χ0) is 14.0. The van der Waals surface area contributed by atoms with Gasteiger partial charge in [0.05, 0.1) is 11.8 Å². The van der Waals surface area contributed by atoms with Crippen LogP contribution < -0.4 is 5.32 Å². The molecule has 1 aliphatic rings. The van der Waals surface area contributed by atoms with Gasteiger partial charge in [-0.1, -0.05) is 12.2 Å². The number of aryl methyl sites for hydroxylation is 1. The largest absolute Gasteiger partial charge is 0.377 e. The van der Waals surface area contributed by atoms with Gasteiger partial charge in [0.25, 0.3) is 5.91 Å². The third kappa shape index (κ3) is 2.77. The van der Waals surface area contributed by atoms with Crippen LogP contribution in [0.4, 0.5) is 0 Å². The molecule has 19 heavy (non-hydrogen) atoms. The van der Waals surface area contributed by atoms with E-state index >= 15 is 0 Å². The van der Waals surface area contributed by atoms with E-state index in [0.29, 0.717) is 4.88 Å². The number of rotatable bonds is 3. The van der Waals surface area contributed by atoms with Crippen molar-refractivity contribution in [1.29, 1.82) is 0 Å². The fourth-order valence-electron chi connectivity index (χ4n) is 2.09. The summed E-state index contributed by atoms with van der Waals surface area (Å²) in [6, 6.07) is 0. The Bertz CT molecular complexity index is 558. The molecule has 1 aromatic heterocycles. The Morgan fingerprint density at radius 1 is 1.53 bits per heavy atom. The fourth-order valence-corrected chi connectivity index (χ4v) is 3.12. The molecule has 1 unspecified atom stereocenters. The predicted molar refractivity (Wildman–Crippen MR) is 77.4 cm³/mol. The number of aromatic nitrogens is 1. The van der Waals surface area contributed by atoms with Gasteiger partial charge in [-0.25, -0.2) is 4.98 Å². The quantitative estimate of drug-likeness (QED) is 0.924. The lowest BCUT2D eigenvalue weighted by Crippen LogP contribution is -2.17. The lowest BCUT2D eigenvalue weighted by molar-refractivity contribution is 0.0966. The molecule has 1 aliphatic carbocycles. The van der Waals surface area contributed by atoms with E-state index in [9.17, 15) is 4.79 Å². The first kappa shape index (κ1) is 14.0. The smallest absolute Gasteiger partial charge is 0.263 e. The first-order valence-corrected chi connectivity index (χ1v) is 6.99. The number of nitrogens with zero attached hydrogens (tertiary/aromatic N) is 1. The molecule has 0 aliphatic heterocycles. The number of methoxy groups -OCH3 is 1. The Morgan fingerprint density at radius 2 is 2.26 bits per heavy atom. The SMILES string of the molecule is CNC(=O)c1sc(C2=CCC(OC)C(C)=C2)nc1C. The van der Waals surface area contributed by atoms with Gasteiger partial charge in [-0.15, -0.1) is 11.3 Å². The van der Waals surface area contributed by atoms with Gasteiger partial charge in [0.2, 0.25) is 0 Å². The Kier molecular flexibility index (Phi) is 4.17. The van der Waals surface area contributed by atoms with Gasteiger partial charge in [-0.05, 0) is 25.8 Å². The third-order valence-corrected chi connectivity index (χ3v) is 4.41. The van der Waals surface area contributed by atoms with Crippen LogP contribution in [0.15, 0.2) is 17.7 Å². The zero-order valence-corrected chi connectivity index (χ0v) is 12.4. The summed E-state index contributed by atoms with van der Waals surface area (Å²) >= 11 is 1.43. The molecule has 0 aromatic carbocycles. The van der Waals surface area contributed by atoms with E-state index in [0.717, 1.165) is 22.7 Å². The molecule has 0 spiro atoms. The van der Waals surface area contributed by atoms with Crippen LogP contribution in [0.5, 0.6) is 0 Å². The first-order chi connectivity index (χ1) is 9.06. The van der Waals surface area contributed by atoms with E-state index in [1.54, 1.807) is 14.2 Å². The molecule has 2 rings (SSSR count). The standard InChI is InChI=1S/C14H18N2O2S/c1-8-7-10(5-6-11(8)18-4)14-16-9(2)12(19-14)13(17)15-3/h5,7,11H,6H2,1-4H3,(H,15,17). The molecular weight excluding hydrogens is 260 g/mol. The molecule has 1 heterocycles. The molecular formula is C14H18N2O2S. The van der Waals surface area contributed by atoms with E-state index in [2.05, 4.69) is 29.4 Å². The van der Waals surface area contributed by atoms with E-state index < -0.39 is 0 Å². The van der Waals surface area contributed by atoms with Gasteiger partial charge in [-0.2, -0.15) is 0 Å². The summed E-state index contributed by atoms with van der Waals surface area (Å²) in [5.74, 6) is -0.0758. The summed E-state index contributed by atoms with van der Waals surface area (Å²) in [7, 11) is 3.35. The summed E-state index contributed by atoms with van der Waals surface area (Å²) in [6.07, 6.45) is 5.21. The summed E-state index contributed by atoms with van der Waals surface area (Å²) in [6.45, 7) is 3.92. The maximum Gasteiger partial charge on any atom is 0.263 e.